The largest absolute Gasteiger partial charge is 0.444 e. The Labute approximate surface area is 178 Å². The molecule has 162 valence electrons. The summed E-state index contributed by atoms with van der Waals surface area (Å²) in [5, 5.41) is 4.50. The van der Waals surface area contributed by atoms with Crippen molar-refractivity contribution in [3.05, 3.63) is 16.1 Å². The lowest BCUT2D eigenvalue weighted by Gasteiger charge is -2.40. The van der Waals surface area contributed by atoms with Crippen LogP contribution in [0.2, 0.25) is 0 Å². The number of ether oxygens (including phenoxy) is 1. The fourth-order valence-electron chi connectivity index (χ4n) is 3.63. The van der Waals surface area contributed by atoms with E-state index in [4.69, 9.17) is 4.74 Å². The lowest BCUT2D eigenvalue weighted by Crippen LogP contribution is -2.52. The third-order valence-electron chi connectivity index (χ3n) is 5.26. The first kappa shape index (κ1) is 21.9. The molecule has 2 heterocycles. The van der Waals surface area contributed by atoms with E-state index >= 15 is 0 Å². The fourth-order valence-corrected chi connectivity index (χ4v) is 4.36. The normalized spacial score (nSPS) is 18.7. The number of nitrogens with zero attached hydrogens (tertiary/aromatic N) is 4. The van der Waals surface area contributed by atoms with Gasteiger partial charge in [0, 0.05) is 43.8 Å². The van der Waals surface area contributed by atoms with Crippen LogP contribution in [0.3, 0.4) is 0 Å². The standard InChI is InChI=1S/C21H35N5O2S/c1-15-12-23-18(29-15)13-24-19(22-5)25-10-8-17(9-11-25)26(14-16-6-7-16)20(27)28-21(2,3)4/h12,16-17H,6-11,13-14H2,1-5H3,(H,22,24). The van der Waals surface area contributed by atoms with E-state index in [2.05, 4.69) is 27.1 Å². The third-order valence-corrected chi connectivity index (χ3v) is 6.18. The highest BCUT2D eigenvalue weighted by molar-refractivity contribution is 7.11. The van der Waals surface area contributed by atoms with Crippen molar-refractivity contribution in [2.75, 3.05) is 26.7 Å². The molecular formula is C21H35N5O2S. The van der Waals surface area contributed by atoms with E-state index in [0.717, 1.165) is 43.4 Å². The van der Waals surface area contributed by atoms with Gasteiger partial charge in [-0.1, -0.05) is 0 Å². The van der Waals surface area contributed by atoms with Gasteiger partial charge in [-0.25, -0.2) is 9.78 Å². The Kier molecular flexibility index (Phi) is 7.03. The number of hydrogen-bond donors (Lipinski definition) is 1. The van der Waals surface area contributed by atoms with Crippen LogP contribution in [0.5, 0.6) is 0 Å². The molecule has 1 N–H and O–H groups in total. The van der Waals surface area contributed by atoms with Crippen molar-refractivity contribution in [1.82, 2.24) is 20.1 Å². The molecule has 0 unspecified atom stereocenters. The summed E-state index contributed by atoms with van der Waals surface area (Å²) in [5.74, 6) is 1.55. The third kappa shape index (κ3) is 6.59. The smallest absolute Gasteiger partial charge is 0.410 e. The van der Waals surface area contributed by atoms with Gasteiger partial charge in [-0.05, 0) is 59.3 Å². The Morgan fingerprint density at radius 1 is 1.34 bits per heavy atom. The van der Waals surface area contributed by atoms with Crippen molar-refractivity contribution < 1.29 is 9.53 Å². The predicted octanol–water partition coefficient (Wildman–Crippen LogP) is 3.64. The number of hydrogen-bond acceptors (Lipinski definition) is 5. The van der Waals surface area contributed by atoms with Crippen molar-refractivity contribution in [3.63, 3.8) is 0 Å². The monoisotopic (exact) mass is 421 g/mol. The number of carbonyl (C=O) groups excluding carboxylic acids is 1. The minimum Gasteiger partial charge on any atom is -0.444 e. The van der Waals surface area contributed by atoms with Gasteiger partial charge in [-0.15, -0.1) is 11.3 Å². The van der Waals surface area contributed by atoms with Crippen LogP contribution in [0.4, 0.5) is 4.79 Å². The van der Waals surface area contributed by atoms with Gasteiger partial charge in [0.1, 0.15) is 10.6 Å². The van der Waals surface area contributed by atoms with Gasteiger partial charge in [-0.3, -0.25) is 4.99 Å². The van der Waals surface area contributed by atoms with E-state index in [1.165, 1.54) is 17.7 Å². The molecule has 0 spiro atoms. The number of aryl methyl sites for hydroxylation is 1. The van der Waals surface area contributed by atoms with Crippen LogP contribution in [0, 0.1) is 12.8 Å². The summed E-state index contributed by atoms with van der Waals surface area (Å²) in [5.41, 5.74) is -0.459. The molecule has 1 saturated carbocycles. The number of carbonyl (C=O) groups is 1. The van der Waals surface area contributed by atoms with E-state index < -0.39 is 5.60 Å². The summed E-state index contributed by atoms with van der Waals surface area (Å²) >= 11 is 1.71. The number of aromatic nitrogens is 1. The molecule has 0 radical (unpaired) electrons. The van der Waals surface area contributed by atoms with Crippen molar-refractivity contribution in [2.45, 2.75) is 71.6 Å². The van der Waals surface area contributed by atoms with Crippen LogP contribution in [-0.2, 0) is 11.3 Å². The molecule has 8 heteroatoms. The minimum atomic E-state index is -0.459. The first-order chi connectivity index (χ1) is 13.7. The summed E-state index contributed by atoms with van der Waals surface area (Å²) in [6, 6.07) is 0.237. The highest BCUT2D eigenvalue weighted by Gasteiger charge is 2.35. The second-order valence-corrected chi connectivity index (χ2v) is 10.4. The van der Waals surface area contributed by atoms with E-state index in [9.17, 15) is 4.79 Å². The van der Waals surface area contributed by atoms with Crippen molar-refractivity contribution in [3.8, 4) is 0 Å². The maximum absolute atomic E-state index is 12.8. The average molecular weight is 422 g/mol. The maximum atomic E-state index is 12.8. The molecule has 1 amide bonds. The molecular weight excluding hydrogens is 386 g/mol. The molecule has 1 aliphatic carbocycles. The molecule has 29 heavy (non-hydrogen) atoms. The SMILES string of the molecule is CN=C(NCc1ncc(C)s1)N1CCC(N(CC2CC2)C(=O)OC(C)(C)C)CC1. The molecule has 0 bridgehead atoms. The Hall–Kier alpha value is -1.83. The molecule has 1 aliphatic heterocycles. The average Bonchev–Trinajstić information content (AvgIpc) is 3.39. The highest BCUT2D eigenvalue weighted by Crippen LogP contribution is 2.32. The Balaban J connectivity index is 1.54. The number of nitrogens with one attached hydrogen (secondary N) is 1. The Morgan fingerprint density at radius 2 is 2.03 bits per heavy atom. The van der Waals surface area contributed by atoms with Crippen LogP contribution in [0.15, 0.2) is 11.2 Å². The van der Waals surface area contributed by atoms with Gasteiger partial charge in [0.15, 0.2) is 5.96 Å². The number of rotatable bonds is 5. The summed E-state index contributed by atoms with van der Waals surface area (Å²) < 4.78 is 5.70. The number of thiazole rings is 1. The maximum Gasteiger partial charge on any atom is 0.410 e. The molecule has 3 rings (SSSR count). The zero-order valence-corrected chi connectivity index (χ0v) is 19.2. The van der Waals surface area contributed by atoms with E-state index in [1.54, 1.807) is 11.3 Å². The fraction of sp³-hybridized carbons (Fsp3) is 0.762. The first-order valence-electron chi connectivity index (χ1n) is 10.6. The molecule has 2 aliphatic rings. The van der Waals surface area contributed by atoms with Gasteiger partial charge < -0.3 is 19.9 Å². The second kappa shape index (κ2) is 9.32. The van der Waals surface area contributed by atoms with Crippen molar-refractivity contribution in [2.24, 2.45) is 10.9 Å². The molecule has 0 aromatic carbocycles. The number of piperidine rings is 1. The predicted molar refractivity (Wildman–Crippen MR) is 117 cm³/mol. The summed E-state index contributed by atoms with van der Waals surface area (Å²) in [7, 11) is 1.82. The lowest BCUT2D eigenvalue weighted by molar-refractivity contribution is 0.00928. The van der Waals surface area contributed by atoms with Crippen molar-refractivity contribution in [1.29, 1.82) is 0 Å². The van der Waals surface area contributed by atoms with Gasteiger partial charge in [0.25, 0.3) is 0 Å². The lowest BCUT2D eigenvalue weighted by atomic mass is 10.0. The quantitative estimate of drug-likeness (QED) is 0.581. The zero-order chi connectivity index (χ0) is 21.0. The van der Waals surface area contributed by atoms with Crippen LogP contribution in [0.25, 0.3) is 0 Å². The summed E-state index contributed by atoms with van der Waals surface area (Å²) in [4.78, 5) is 27.2. The highest BCUT2D eigenvalue weighted by atomic mass is 32.1. The molecule has 1 aromatic heterocycles. The zero-order valence-electron chi connectivity index (χ0n) is 18.4. The van der Waals surface area contributed by atoms with Gasteiger partial charge in [0.05, 0.1) is 6.54 Å². The van der Waals surface area contributed by atoms with E-state index in [-0.39, 0.29) is 12.1 Å². The summed E-state index contributed by atoms with van der Waals surface area (Å²) in [6.45, 7) is 11.1. The number of amides is 1. The van der Waals surface area contributed by atoms with E-state index in [0.29, 0.717) is 12.5 Å². The summed E-state index contributed by atoms with van der Waals surface area (Å²) in [6.07, 6.45) is 6.06. The Bertz CT molecular complexity index is 715. The topological polar surface area (TPSA) is 70.1 Å². The molecule has 0 atom stereocenters. The number of likely N-dealkylation sites (tertiary alicyclic amines) is 1. The van der Waals surface area contributed by atoms with Gasteiger partial charge in [-0.2, -0.15) is 0 Å². The number of aliphatic imine (C=N–C) groups is 1. The molecule has 1 aromatic rings. The van der Waals surface area contributed by atoms with Crippen LogP contribution < -0.4 is 5.32 Å². The van der Waals surface area contributed by atoms with Gasteiger partial charge in [0.2, 0.25) is 0 Å². The second-order valence-electron chi connectivity index (χ2n) is 9.06. The van der Waals surface area contributed by atoms with Gasteiger partial charge >= 0.3 is 6.09 Å². The molecule has 1 saturated heterocycles. The molecule has 2 fully saturated rings. The van der Waals surface area contributed by atoms with Crippen LogP contribution >= 0.6 is 11.3 Å². The van der Waals surface area contributed by atoms with Crippen LogP contribution in [-0.4, -0.2) is 65.2 Å². The van der Waals surface area contributed by atoms with Crippen molar-refractivity contribution >= 4 is 23.4 Å². The van der Waals surface area contributed by atoms with E-state index in [1.807, 2.05) is 38.9 Å². The number of guanidine groups is 1. The van der Waals surface area contributed by atoms with Crippen LogP contribution in [0.1, 0.15) is 56.3 Å². The Morgan fingerprint density at radius 3 is 2.55 bits per heavy atom. The first-order valence-corrected chi connectivity index (χ1v) is 11.4. The molecule has 7 nitrogen and oxygen atoms in total. The minimum absolute atomic E-state index is 0.163.